The van der Waals surface area contributed by atoms with Crippen LogP contribution in [0.15, 0.2) is 18.2 Å². The number of rotatable bonds is 4. The van der Waals surface area contributed by atoms with Crippen molar-refractivity contribution in [1.82, 2.24) is 0 Å². The molecule has 0 aliphatic heterocycles. The van der Waals surface area contributed by atoms with Crippen LogP contribution in [0.1, 0.15) is 11.1 Å². The van der Waals surface area contributed by atoms with Crippen molar-refractivity contribution in [2.75, 3.05) is 13.2 Å². The summed E-state index contributed by atoms with van der Waals surface area (Å²) in [7, 11) is 0. The molecular weight excluding hydrogens is 178 g/mol. The molecule has 14 heavy (non-hydrogen) atoms. The zero-order chi connectivity index (χ0) is 10.6. The smallest absolute Gasteiger partial charge is 0.122 e. The first kappa shape index (κ1) is 11.0. The quantitative estimate of drug-likeness (QED) is 0.753. The second-order valence-electron chi connectivity index (χ2n) is 3.40. The van der Waals surface area contributed by atoms with Gasteiger partial charge in [0, 0.05) is 6.54 Å². The minimum Gasteiger partial charge on any atom is -0.491 e. The predicted molar refractivity (Wildman–Crippen MR) is 56.5 cm³/mol. The van der Waals surface area contributed by atoms with Crippen molar-refractivity contribution in [3.63, 3.8) is 0 Å². The molecule has 1 aromatic rings. The van der Waals surface area contributed by atoms with Crippen molar-refractivity contribution < 1.29 is 9.84 Å². The average molecular weight is 195 g/mol. The van der Waals surface area contributed by atoms with E-state index in [0.717, 1.165) is 11.3 Å². The van der Waals surface area contributed by atoms with Crippen molar-refractivity contribution in [1.29, 1.82) is 0 Å². The molecule has 3 heteroatoms. The Hall–Kier alpha value is -1.06. The molecule has 0 amide bonds. The minimum absolute atomic E-state index is 0.227. The van der Waals surface area contributed by atoms with Gasteiger partial charge in [-0.2, -0.15) is 0 Å². The lowest BCUT2D eigenvalue weighted by molar-refractivity contribution is 0.114. The molecule has 3 nitrogen and oxygen atoms in total. The Morgan fingerprint density at radius 1 is 1.43 bits per heavy atom. The van der Waals surface area contributed by atoms with Crippen molar-refractivity contribution >= 4 is 0 Å². The number of aryl methyl sites for hydroxylation is 1. The molecule has 0 bridgehead atoms. The van der Waals surface area contributed by atoms with Gasteiger partial charge in [0.2, 0.25) is 0 Å². The molecule has 0 fully saturated rings. The first-order valence-corrected chi connectivity index (χ1v) is 4.72. The maximum absolute atomic E-state index is 9.23. The molecule has 78 valence electrons. The Morgan fingerprint density at radius 3 is 2.79 bits per heavy atom. The number of aliphatic hydroxyl groups excluding tert-OH is 1. The van der Waals surface area contributed by atoms with Crippen molar-refractivity contribution in [2.45, 2.75) is 20.0 Å². The lowest BCUT2D eigenvalue weighted by atomic mass is 10.1. The molecule has 0 saturated carbocycles. The molecule has 0 spiro atoms. The Labute approximate surface area is 84.5 Å². The Bertz CT molecular complexity index is 299. The van der Waals surface area contributed by atoms with E-state index >= 15 is 0 Å². The zero-order valence-corrected chi connectivity index (χ0v) is 8.66. The van der Waals surface area contributed by atoms with Crippen LogP contribution in [-0.4, -0.2) is 24.4 Å². The molecule has 1 rings (SSSR count). The fraction of sp³-hybridized carbons (Fsp3) is 0.455. The lowest BCUT2D eigenvalue weighted by Crippen LogP contribution is -2.26. The van der Waals surface area contributed by atoms with Gasteiger partial charge in [-0.3, -0.25) is 0 Å². The van der Waals surface area contributed by atoms with E-state index in [9.17, 15) is 5.11 Å². The highest BCUT2D eigenvalue weighted by molar-refractivity contribution is 5.38. The van der Waals surface area contributed by atoms with Crippen LogP contribution in [0.4, 0.5) is 0 Å². The van der Waals surface area contributed by atoms with Crippen molar-refractivity contribution in [2.24, 2.45) is 5.73 Å². The average Bonchev–Trinajstić information content (AvgIpc) is 2.20. The summed E-state index contributed by atoms with van der Waals surface area (Å²) in [5, 5.41) is 9.23. The van der Waals surface area contributed by atoms with Gasteiger partial charge < -0.3 is 15.6 Å². The van der Waals surface area contributed by atoms with E-state index in [-0.39, 0.29) is 13.2 Å². The molecule has 3 N–H and O–H groups in total. The van der Waals surface area contributed by atoms with Crippen molar-refractivity contribution in [3.8, 4) is 5.75 Å². The third kappa shape index (κ3) is 2.72. The molecule has 0 saturated heterocycles. The zero-order valence-electron chi connectivity index (χ0n) is 8.66. The molecule has 0 radical (unpaired) electrons. The number of benzene rings is 1. The van der Waals surface area contributed by atoms with E-state index in [1.165, 1.54) is 5.56 Å². The van der Waals surface area contributed by atoms with Gasteiger partial charge in [0.15, 0.2) is 0 Å². The summed E-state index contributed by atoms with van der Waals surface area (Å²) in [4.78, 5) is 0. The van der Waals surface area contributed by atoms with Gasteiger partial charge in [-0.05, 0) is 31.0 Å². The van der Waals surface area contributed by atoms with E-state index in [4.69, 9.17) is 10.5 Å². The summed E-state index contributed by atoms with van der Waals surface area (Å²) in [6.07, 6.45) is -0.588. The number of hydrogen-bond acceptors (Lipinski definition) is 3. The highest BCUT2D eigenvalue weighted by Gasteiger charge is 2.05. The molecule has 0 heterocycles. The van der Waals surface area contributed by atoms with E-state index < -0.39 is 6.10 Å². The summed E-state index contributed by atoms with van der Waals surface area (Å²) in [5.74, 6) is 0.817. The molecule has 1 aromatic carbocycles. The fourth-order valence-electron chi connectivity index (χ4n) is 1.13. The topological polar surface area (TPSA) is 55.5 Å². The van der Waals surface area contributed by atoms with E-state index in [0.29, 0.717) is 0 Å². The normalized spacial score (nSPS) is 12.6. The molecule has 0 aromatic heterocycles. The van der Waals surface area contributed by atoms with Crippen LogP contribution in [-0.2, 0) is 0 Å². The maximum Gasteiger partial charge on any atom is 0.122 e. The lowest BCUT2D eigenvalue weighted by Gasteiger charge is -2.13. The number of hydrogen-bond donors (Lipinski definition) is 2. The summed E-state index contributed by atoms with van der Waals surface area (Å²) in [6.45, 7) is 4.51. The highest BCUT2D eigenvalue weighted by atomic mass is 16.5. The van der Waals surface area contributed by atoms with Crippen molar-refractivity contribution in [3.05, 3.63) is 29.3 Å². The summed E-state index contributed by atoms with van der Waals surface area (Å²) >= 11 is 0. The summed E-state index contributed by atoms with van der Waals surface area (Å²) in [6, 6.07) is 5.86. The first-order valence-electron chi connectivity index (χ1n) is 4.72. The highest BCUT2D eigenvalue weighted by Crippen LogP contribution is 2.20. The van der Waals surface area contributed by atoms with Crippen LogP contribution in [0.25, 0.3) is 0 Å². The Balaban J connectivity index is 2.63. The standard InChI is InChI=1S/C11H17NO2/c1-8-4-3-5-11(9(8)2)14-7-10(13)6-12/h3-5,10,13H,6-7,12H2,1-2H3/t10-/m0/s1. The third-order valence-corrected chi connectivity index (χ3v) is 2.26. The molecule has 0 aliphatic carbocycles. The van der Waals surface area contributed by atoms with Crippen LogP contribution < -0.4 is 10.5 Å². The molecule has 0 unspecified atom stereocenters. The second-order valence-corrected chi connectivity index (χ2v) is 3.40. The van der Waals surface area contributed by atoms with Crippen LogP contribution in [0, 0.1) is 13.8 Å². The van der Waals surface area contributed by atoms with Gasteiger partial charge in [0.1, 0.15) is 18.5 Å². The van der Waals surface area contributed by atoms with E-state index in [1.54, 1.807) is 0 Å². The Kier molecular flexibility index (Phi) is 3.92. The third-order valence-electron chi connectivity index (χ3n) is 2.26. The molecule has 0 aliphatic rings. The monoisotopic (exact) mass is 195 g/mol. The van der Waals surface area contributed by atoms with Crippen LogP contribution >= 0.6 is 0 Å². The Morgan fingerprint density at radius 2 is 2.14 bits per heavy atom. The second kappa shape index (κ2) is 4.98. The van der Waals surface area contributed by atoms with Crippen LogP contribution in [0.3, 0.4) is 0 Å². The summed E-state index contributed by atoms with van der Waals surface area (Å²) in [5.41, 5.74) is 7.57. The largest absolute Gasteiger partial charge is 0.491 e. The fourth-order valence-corrected chi connectivity index (χ4v) is 1.13. The van der Waals surface area contributed by atoms with E-state index in [1.807, 2.05) is 32.0 Å². The maximum atomic E-state index is 9.23. The predicted octanol–water partition coefficient (Wildman–Crippen LogP) is 1.00. The van der Waals surface area contributed by atoms with Gasteiger partial charge in [-0.1, -0.05) is 12.1 Å². The van der Waals surface area contributed by atoms with Gasteiger partial charge in [-0.25, -0.2) is 0 Å². The SMILES string of the molecule is Cc1cccc(OC[C@@H](O)CN)c1C. The number of nitrogens with two attached hydrogens (primary N) is 1. The van der Waals surface area contributed by atoms with Gasteiger partial charge in [0.05, 0.1) is 0 Å². The molecule has 1 atom stereocenters. The van der Waals surface area contributed by atoms with Crippen LogP contribution in [0.5, 0.6) is 5.75 Å². The first-order chi connectivity index (χ1) is 6.65. The molecular formula is C11H17NO2. The number of aliphatic hydroxyl groups is 1. The van der Waals surface area contributed by atoms with Gasteiger partial charge in [0.25, 0.3) is 0 Å². The summed E-state index contributed by atoms with van der Waals surface area (Å²) < 4.78 is 5.44. The number of ether oxygens (including phenoxy) is 1. The van der Waals surface area contributed by atoms with Gasteiger partial charge >= 0.3 is 0 Å². The van der Waals surface area contributed by atoms with Crippen LogP contribution in [0.2, 0.25) is 0 Å². The minimum atomic E-state index is -0.588. The van der Waals surface area contributed by atoms with E-state index in [2.05, 4.69) is 0 Å². The van der Waals surface area contributed by atoms with Gasteiger partial charge in [-0.15, -0.1) is 0 Å².